The molecule has 106 valence electrons. The number of nitrogens with zero attached hydrogens (tertiary/aromatic N) is 2. The van der Waals surface area contributed by atoms with Crippen LogP contribution >= 0.6 is 0 Å². The molecule has 1 saturated heterocycles. The fourth-order valence-electron chi connectivity index (χ4n) is 2.42. The number of carbonyl (C=O) groups excluding carboxylic acids is 1. The predicted octanol–water partition coefficient (Wildman–Crippen LogP) is 2.48. The predicted molar refractivity (Wildman–Crippen MR) is 72.7 cm³/mol. The summed E-state index contributed by atoms with van der Waals surface area (Å²) in [6.45, 7) is 3.58. The van der Waals surface area contributed by atoms with E-state index < -0.39 is 5.82 Å². The third-order valence-corrected chi connectivity index (χ3v) is 3.55. The maximum Gasteiger partial charge on any atom is 0.309 e. The maximum atomic E-state index is 13.6. The van der Waals surface area contributed by atoms with E-state index in [1.807, 2.05) is 4.90 Å². The van der Waals surface area contributed by atoms with E-state index in [2.05, 4.69) is 0 Å². The van der Waals surface area contributed by atoms with Gasteiger partial charge in [0.05, 0.1) is 18.1 Å². The normalized spacial score (nSPS) is 15.8. The highest BCUT2D eigenvalue weighted by atomic mass is 19.1. The molecule has 1 heterocycles. The standard InChI is InChI=1S/C15H17FN2O2/c1-2-20-15(19)11-5-7-18(8-6-11)13-4-3-12(10-17)14(16)9-13/h3-4,9,11H,2,5-8H2,1H3. The topological polar surface area (TPSA) is 53.3 Å². The molecular weight excluding hydrogens is 259 g/mol. The van der Waals surface area contributed by atoms with Gasteiger partial charge < -0.3 is 9.64 Å². The number of esters is 1. The van der Waals surface area contributed by atoms with Crippen molar-refractivity contribution < 1.29 is 13.9 Å². The minimum Gasteiger partial charge on any atom is -0.466 e. The zero-order valence-corrected chi connectivity index (χ0v) is 11.4. The van der Waals surface area contributed by atoms with Crippen LogP contribution in [0.5, 0.6) is 0 Å². The molecule has 1 aromatic carbocycles. The summed E-state index contributed by atoms with van der Waals surface area (Å²) in [5.74, 6) is -0.704. The van der Waals surface area contributed by atoms with Crippen molar-refractivity contribution in [2.24, 2.45) is 5.92 Å². The summed E-state index contributed by atoms with van der Waals surface area (Å²) in [5, 5.41) is 8.71. The molecular formula is C15H17FN2O2. The first-order valence-electron chi connectivity index (χ1n) is 6.77. The van der Waals surface area contributed by atoms with Crippen molar-refractivity contribution in [2.45, 2.75) is 19.8 Å². The third kappa shape index (κ3) is 3.08. The molecule has 0 saturated carbocycles. The van der Waals surface area contributed by atoms with Crippen molar-refractivity contribution >= 4 is 11.7 Å². The summed E-state index contributed by atoms with van der Waals surface area (Å²) < 4.78 is 18.6. The van der Waals surface area contributed by atoms with Gasteiger partial charge in [-0.3, -0.25) is 4.79 Å². The Morgan fingerprint density at radius 3 is 2.75 bits per heavy atom. The highest BCUT2D eigenvalue weighted by Crippen LogP contribution is 2.25. The number of piperidine rings is 1. The largest absolute Gasteiger partial charge is 0.466 e. The van der Waals surface area contributed by atoms with Gasteiger partial charge in [0.25, 0.3) is 0 Å². The number of carbonyl (C=O) groups is 1. The number of hydrogen-bond acceptors (Lipinski definition) is 4. The van der Waals surface area contributed by atoms with Crippen molar-refractivity contribution in [1.29, 1.82) is 5.26 Å². The average molecular weight is 276 g/mol. The second-order valence-electron chi connectivity index (χ2n) is 4.79. The molecule has 0 atom stereocenters. The van der Waals surface area contributed by atoms with Crippen molar-refractivity contribution in [3.8, 4) is 6.07 Å². The lowest BCUT2D eigenvalue weighted by Crippen LogP contribution is -2.37. The molecule has 0 unspecified atom stereocenters. The van der Waals surface area contributed by atoms with E-state index in [1.54, 1.807) is 19.1 Å². The van der Waals surface area contributed by atoms with Gasteiger partial charge in [0.2, 0.25) is 0 Å². The molecule has 1 aromatic rings. The lowest BCUT2D eigenvalue weighted by Gasteiger charge is -2.32. The zero-order chi connectivity index (χ0) is 14.5. The molecule has 4 nitrogen and oxygen atoms in total. The van der Waals surface area contributed by atoms with Gasteiger partial charge in [0.1, 0.15) is 11.9 Å². The summed E-state index contributed by atoms with van der Waals surface area (Å²) in [5.41, 5.74) is 0.805. The van der Waals surface area contributed by atoms with Crippen LogP contribution in [0.15, 0.2) is 18.2 Å². The number of nitriles is 1. The van der Waals surface area contributed by atoms with Gasteiger partial charge in [-0.1, -0.05) is 0 Å². The third-order valence-electron chi connectivity index (χ3n) is 3.55. The van der Waals surface area contributed by atoms with E-state index in [-0.39, 0.29) is 17.5 Å². The van der Waals surface area contributed by atoms with E-state index in [0.717, 1.165) is 5.69 Å². The van der Waals surface area contributed by atoms with E-state index in [4.69, 9.17) is 10.00 Å². The lowest BCUT2D eigenvalue weighted by atomic mass is 9.96. The summed E-state index contributed by atoms with van der Waals surface area (Å²) >= 11 is 0. The monoisotopic (exact) mass is 276 g/mol. The van der Waals surface area contributed by atoms with Crippen molar-refractivity contribution in [3.05, 3.63) is 29.6 Å². The molecule has 1 fully saturated rings. The molecule has 0 radical (unpaired) electrons. The summed E-state index contributed by atoms with van der Waals surface area (Å²) in [6.07, 6.45) is 1.42. The maximum absolute atomic E-state index is 13.6. The molecule has 1 aliphatic rings. The van der Waals surface area contributed by atoms with Gasteiger partial charge in [-0.15, -0.1) is 0 Å². The molecule has 0 aliphatic carbocycles. The van der Waals surface area contributed by atoms with E-state index in [1.165, 1.54) is 12.1 Å². The fourth-order valence-corrected chi connectivity index (χ4v) is 2.42. The first kappa shape index (κ1) is 14.3. The molecule has 1 aliphatic heterocycles. The van der Waals surface area contributed by atoms with Crippen LogP contribution in [-0.4, -0.2) is 25.7 Å². The Labute approximate surface area is 117 Å². The van der Waals surface area contributed by atoms with Crippen LogP contribution in [0.4, 0.5) is 10.1 Å². The lowest BCUT2D eigenvalue weighted by molar-refractivity contribution is -0.148. The Hall–Kier alpha value is -2.09. The summed E-state index contributed by atoms with van der Waals surface area (Å²) in [6, 6.07) is 6.42. The van der Waals surface area contributed by atoms with Crippen molar-refractivity contribution in [3.63, 3.8) is 0 Å². The van der Waals surface area contributed by atoms with Crippen LogP contribution in [0, 0.1) is 23.1 Å². The molecule has 0 amide bonds. The number of halogens is 1. The second kappa shape index (κ2) is 6.38. The Morgan fingerprint density at radius 2 is 2.20 bits per heavy atom. The van der Waals surface area contributed by atoms with E-state index in [0.29, 0.717) is 32.5 Å². The van der Waals surface area contributed by atoms with Crippen LogP contribution in [0.2, 0.25) is 0 Å². The number of benzene rings is 1. The molecule has 0 bridgehead atoms. The SMILES string of the molecule is CCOC(=O)C1CCN(c2ccc(C#N)c(F)c2)CC1. The van der Waals surface area contributed by atoms with E-state index in [9.17, 15) is 9.18 Å². The van der Waals surface area contributed by atoms with Crippen LogP contribution in [-0.2, 0) is 9.53 Å². The average Bonchev–Trinajstić information content (AvgIpc) is 2.47. The Morgan fingerprint density at radius 1 is 1.50 bits per heavy atom. The van der Waals surface area contributed by atoms with Crippen molar-refractivity contribution in [2.75, 3.05) is 24.6 Å². The van der Waals surface area contributed by atoms with Crippen LogP contribution in [0.1, 0.15) is 25.3 Å². The van der Waals surface area contributed by atoms with Gasteiger partial charge in [-0.25, -0.2) is 4.39 Å². The highest BCUT2D eigenvalue weighted by molar-refractivity contribution is 5.72. The second-order valence-corrected chi connectivity index (χ2v) is 4.79. The van der Waals surface area contributed by atoms with Crippen molar-refractivity contribution in [1.82, 2.24) is 0 Å². The Balaban J connectivity index is 1.99. The van der Waals surface area contributed by atoms with Gasteiger partial charge in [-0.2, -0.15) is 5.26 Å². The molecule has 0 aromatic heterocycles. The number of anilines is 1. The minimum atomic E-state index is -0.502. The van der Waals surface area contributed by atoms with Gasteiger partial charge >= 0.3 is 5.97 Å². The van der Waals surface area contributed by atoms with Gasteiger partial charge in [0.15, 0.2) is 0 Å². The highest BCUT2D eigenvalue weighted by Gasteiger charge is 2.26. The van der Waals surface area contributed by atoms with Crippen LogP contribution < -0.4 is 4.90 Å². The van der Waals surface area contributed by atoms with Crippen LogP contribution in [0.3, 0.4) is 0 Å². The summed E-state index contributed by atoms with van der Waals surface area (Å²) in [7, 11) is 0. The first-order valence-corrected chi connectivity index (χ1v) is 6.77. The smallest absolute Gasteiger partial charge is 0.309 e. The summed E-state index contributed by atoms with van der Waals surface area (Å²) in [4.78, 5) is 13.7. The number of hydrogen-bond donors (Lipinski definition) is 0. The molecule has 2 rings (SSSR count). The zero-order valence-electron chi connectivity index (χ0n) is 11.4. The van der Waals surface area contributed by atoms with Gasteiger partial charge in [-0.05, 0) is 38.0 Å². The fraction of sp³-hybridized carbons (Fsp3) is 0.467. The molecule has 0 N–H and O–H groups in total. The Kier molecular flexibility index (Phi) is 4.57. The quantitative estimate of drug-likeness (QED) is 0.796. The Bertz CT molecular complexity index is 531. The number of rotatable bonds is 3. The van der Waals surface area contributed by atoms with Gasteiger partial charge in [0, 0.05) is 18.8 Å². The van der Waals surface area contributed by atoms with Crippen LogP contribution in [0.25, 0.3) is 0 Å². The molecule has 5 heteroatoms. The molecule has 20 heavy (non-hydrogen) atoms. The molecule has 0 spiro atoms. The minimum absolute atomic E-state index is 0.0511. The number of ether oxygens (including phenoxy) is 1. The first-order chi connectivity index (χ1) is 9.65. The van der Waals surface area contributed by atoms with E-state index >= 15 is 0 Å².